The van der Waals surface area contributed by atoms with E-state index in [9.17, 15) is 0 Å². The number of nitrogens with two attached hydrogens (primary N) is 1. The van der Waals surface area contributed by atoms with Crippen molar-refractivity contribution in [2.24, 2.45) is 11.3 Å². The molecule has 0 aliphatic heterocycles. The summed E-state index contributed by atoms with van der Waals surface area (Å²) in [7, 11) is 0. The molecule has 96 valence electrons. The average molecular weight is 355 g/mol. The zero-order valence-electron chi connectivity index (χ0n) is 10.8. The van der Waals surface area contributed by atoms with E-state index in [0.29, 0.717) is 17.3 Å². The third kappa shape index (κ3) is 1.90. The fraction of sp³-hybridized carbons (Fsp3) is 0.500. The van der Waals surface area contributed by atoms with Gasteiger partial charge >= 0.3 is 0 Å². The standard InChI is InChI=1S/C14H18IN3/c1-9(2)14(5-6-14)8-18-12-4-3-10(15)7-11(12)17-13(18)16/h3-4,7,9H,5-6,8H2,1-2H3,(H2,16,17). The number of benzene rings is 1. The summed E-state index contributed by atoms with van der Waals surface area (Å²) in [5.41, 5.74) is 8.72. The molecule has 0 atom stereocenters. The Hall–Kier alpha value is -0.780. The molecule has 0 amide bonds. The van der Waals surface area contributed by atoms with Gasteiger partial charge in [0.25, 0.3) is 0 Å². The maximum Gasteiger partial charge on any atom is 0.201 e. The van der Waals surface area contributed by atoms with Gasteiger partial charge in [0.1, 0.15) is 0 Å². The average Bonchev–Trinajstić information content (AvgIpc) is 3.02. The molecule has 2 aromatic rings. The molecule has 1 aromatic heterocycles. The highest BCUT2D eigenvalue weighted by Gasteiger charge is 2.45. The number of hydrogen-bond donors (Lipinski definition) is 1. The lowest BCUT2D eigenvalue weighted by Gasteiger charge is -2.21. The van der Waals surface area contributed by atoms with E-state index in [0.717, 1.165) is 12.1 Å². The van der Waals surface area contributed by atoms with Crippen molar-refractivity contribution in [2.75, 3.05) is 5.73 Å². The number of halogens is 1. The topological polar surface area (TPSA) is 43.8 Å². The third-order valence-electron chi connectivity index (χ3n) is 4.33. The molecule has 3 nitrogen and oxygen atoms in total. The summed E-state index contributed by atoms with van der Waals surface area (Å²) in [6.07, 6.45) is 2.63. The van der Waals surface area contributed by atoms with Gasteiger partial charge in [0.15, 0.2) is 0 Å². The van der Waals surface area contributed by atoms with Crippen LogP contribution in [0.2, 0.25) is 0 Å². The first-order valence-corrected chi connectivity index (χ1v) is 7.51. The van der Waals surface area contributed by atoms with Crippen molar-refractivity contribution >= 4 is 39.6 Å². The van der Waals surface area contributed by atoms with E-state index in [2.05, 4.69) is 64.2 Å². The Kier molecular flexibility index (Phi) is 2.80. The van der Waals surface area contributed by atoms with E-state index >= 15 is 0 Å². The number of fused-ring (bicyclic) bond motifs is 1. The summed E-state index contributed by atoms with van der Waals surface area (Å²) in [4.78, 5) is 4.48. The second-order valence-corrected chi connectivity index (χ2v) is 6.95. The molecule has 18 heavy (non-hydrogen) atoms. The molecule has 1 aliphatic rings. The highest BCUT2D eigenvalue weighted by atomic mass is 127. The Morgan fingerprint density at radius 2 is 2.17 bits per heavy atom. The number of nitrogens with zero attached hydrogens (tertiary/aromatic N) is 2. The van der Waals surface area contributed by atoms with Crippen LogP contribution >= 0.6 is 22.6 Å². The molecule has 3 rings (SSSR count). The van der Waals surface area contributed by atoms with Gasteiger partial charge < -0.3 is 10.3 Å². The van der Waals surface area contributed by atoms with E-state index < -0.39 is 0 Å². The van der Waals surface area contributed by atoms with Crippen LogP contribution in [0, 0.1) is 14.9 Å². The van der Waals surface area contributed by atoms with Gasteiger partial charge in [-0.15, -0.1) is 0 Å². The molecule has 4 heteroatoms. The monoisotopic (exact) mass is 355 g/mol. The number of nitrogen functional groups attached to an aromatic ring is 1. The summed E-state index contributed by atoms with van der Waals surface area (Å²) < 4.78 is 3.40. The SMILES string of the molecule is CC(C)C1(Cn2c(N)nc3cc(I)ccc32)CC1. The third-order valence-corrected chi connectivity index (χ3v) is 5.00. The first-order valence-electron chi connectivity index (χ1n) is 6.43. The summed E-state index contributed by atoms with van der Waals surface area (Å²) in [5.74, 6) is 1.36. The second kappa shape index (κ2) is 4.11. The molecule has 0 radical (unpaired) electrons. The number of hydrogen-bond acceptors (Lipinski definition) is 2. The Bertz CT molecular complexity index is 596. The van der Waals surface area contributed by atoms with Crippen molar-refractivity contribution in [3.8, 4) is 0 Å². The molecule has 0 spiro atoms. The van der Waals surface area contributed by atoms with E-state index in [1.165, 1.54) is 21.9 Å². The molecule has 2 N–H and O–H groups in total. The van der Waals surface area contributed by atoms with Gasteiger partial charge in [0, 0.05) is 10.1 Å². The number of imidazole rings is 1. The lowest BCUT2D eigenvalue weighted by molar-refractivity contribution is 0.314. The van der Waals surface area contributed by atoms with Crippen LogP contribution in [0.4, 0.5) is 5.95 Å². The van der Waals surface area contributed by atoms with Crippen LogP contribution in [0.3, 0.4) is 0 Å². The normalized spacial score (nSPS) is 17.6. The summed E-state index contributed by atoms with van der Waals surface area (Å²) in [6, 6.07) is 6.35. The highest BCUT2D eigenvalue weighted by molar-refractivity contribution is 14.1. The first kappa shape index (κ1) is 12.3. The highest BCUT2D eigenvalue weighted by Crippen LogP contribution is 2.53. The molecule has 1 saturated carbocycles. The first-order chi connectivity index (χ1) is 8.52. The van der Waals surface area contributed by atoms with E-state index in [4.69, 9.17) is 5.73 Å². The fourth-order valence-electron chi connectivity index (χ4n) is 2.68. The lowest BCUT2D eigenvalue weighted by atomic mass is 9.92. The number of aromatic nitrogens is 2. The van der Waals surface area contributed by atoms with Crippen molar-refractivity contribution in [1.82, 2.24) is 9.55 Å². The zero-order chi connectivity index (χ0) is 12.9. The quantitative estimate of drug-likeness (QED) is 0.854. The molecule has 1 heterocycles. The Morgan fingerprint density at radius 1 is 1.44 bits per heavy atom. The van der Waals surface area contributed by atoms with Crippen LogP contribution in [0.25, 0.3) is 11.0 Å². The summed E-state index contributed by atoms with van der Waals surface area (Å²) >= 11 is 2.31. The van der Waals surface area contributed by atoms with E-state index in [1.807, 2.05) is 0 Å². The summed E-state index contributed by atoms with van der Waals surface area (Å²) in [5, 5.41) is 0. The minimum atomic E-state index is 0.449. The van der Waals surface area contributed by atoms with Gasteiger partial charge in [-0.25, -0.2) is 4.98 Å². The number of anilines is 1. The maximum absolute atomic E-state index is 6.09. The van der Waals surface area contributed by atoms with Crippen LogP contribution in [0.15, 0.2) is 18.2 Å². The van der Waals surface area contributed by atoms with E-state index in [1.54, 1.807) is 0 Å². The minimum absolute atomic E-state index is 0.449. The van der Waals surface area contributed by atoms with Gasteiger partial charge in [-0.2, -0.15) is 0 Å². The van der Waals surface area contributed by atoms with Gasteiger partial charge in [0.2, 0.25) is 5.95 Å². The molecule has 0 saturated heterocycles. The van der Waals surface area contributed by atoms with Crippen LogP contribution in [-0.4, -0.2) is 9.55 Å². The van der Waals surface area contributed by atoms with Crippen LogP contribution in [0.5, 0.6) is 0 Å². The van der Waals surface area contributed by atoms with Crippen molar-refractivity contribution in [2.45, 2.75) is 33.2 Å². The molecule has 1 aliphatic carbocycles. The second-order valence-electron chi connectivity index (χ2n) is 5.71. The molecular formula is C14H18IN3. The van der Waals surface area contributed by atoms with Crippen molar-refractivity contribution in [1.29, 1.82) is 0 Å². The lowest BCUT2D eigenvalue weighted by Crippen LogP contribution is -2.18. The molecule has 0 bridgehead atoms. The van der Waals surface area contributed by atoms with Gasteiger partial charge in [-0.3, -0.25) is 0 Å². The Morgan fingerprint density at radius 3 is 2.78 bits per heavy atom. The van der Waals surface area contributed by atoms with Crippen molar-refractivity contribution < 1.29 is 0 Å². The van der Waals surface area contributed by atoms with Crippen LogP contribution < -0.4 is 5.73 Å². The smallest absolute Gasteiger partial charge is 0.201 e. The molecule has 0 unspecified atom stereocenters. The molecule has 1 aromatic carbocycles. The van der Waals surface area contributed by atoms with Gasteiger partial charge in [0.05, 0.1) is 11.0 Å². The summed E-state index contributed by atoms with van der Waals surface area (Å²) in [6.45, 7) is 5.63. The minimum Gasteiger partial charge on any atom is -0.369 e. The largest absolute Gasteiger partial charge is 0.369 e. The Balaban J connectivity index is 2.04. The number of rotatable bonds is 3. The molecular weight excluding hydrogens is 337 g/mol. The van der Waals surface area contributed by atoms with Crippen molar-refractivity contribution in [3.05, 3.63) is 21.8 Å². The van der Waals surface area contributed by atoms with Crippen molar-refractivity contribution in [3.63, 3.8) is 0 Å². The van der Waals surface area contributed by atoms with Gasteiger partial charge in [-0.05, 0) is 65.0 Å². The van der Waals surface area contributed by atoms with Gasteiger partial charge in [-0.1, -0.05) is 13.8 Å². The predicted molar refractivity (Wildman–Crippen MR) is 83.4 cm³/mol. The Labute approximate surface area is 121 Å². The zero-order valence-corrected chi connectivity index (χ0v) is 12.9. The molecule has 1 fully saturated rings. The fourth-order valence-corrected chi connectivity index (χ4v) is 3.16. The van der Waals surface area contributed by atoms with Crippen LogP contribution in [0.1, 0.15) is 26.7 Å². The maximum atomic E-state index is 6.09. The predicted octanol–water partition coefficient (Wildman–Crippen LogP) is 3.66. The van der Waals surface area contributed by atoms with Crippen LogP contribution in [-0.2, 0) is 6.54 Å². The van der Waals surface area contributed by atoms with E-state index in [-0.39, 0.29) is 0 Å².